The van der Waals surface area contributed by atoms with Crippen molar-refractivity contribution in [2.24, 2.45) is 11.3 Å². The summed E-state index contributed by atoms with van der Waals surface area (Å²) in [4.78, 5) is 27.2. The van der Waals surface area contributed by atoms with Crippen LogP contribution in [0.5, 0.6) is 0 Å². The number of carbonyl (C=O) groups is 2. The summed E-state index contributed by atoms with van der Waals surface area (Å²) in [5, 5.41) is 6.03. The maximum atomic E-state index is 13.1. The van der Waals surface area contributed by atoms with Crippen LogP contribution in [0.25, 0.3) is 0 Å². The Morgan fingerprint density at radius 3 is 2.47 bits per heavy atom. The minimum atomic E-state index is -4.32. The molecule has 0 bridgehead atoms. The lowest BCUT2D eigenvalue weighted by molar-refractivity contribution is -0.148. The van der Waals surface area contributed by atoms with Crippen LogP contribution in [0.1, 0.15) is 47.8 Å². The van der Waals surface area contributed by atoms with Gasteiger partial charge in [0.15, 0.2) is 0 Å². The first-order valence-electron chi connectivity index (χ1n) is 12.2. The first-order valence-corrected chi connectivity index (χ1v) is 12.6. The zero-order valence-corrected chi connectivity index (χ0v) is 22.1. The molecule has 2 aromatic carbocycles. The van der Waals surface area contributed by atoms with Crippen LogP contribution in [0.3, 0.4) is 0 Å². The third-order valence-electron chi connectivity index (χ3n) is 6.40. The van der Waals surface area contributed by atoms with Crippen LogP contribution in [-0.4, -0.2) is 22.9 Å². The maximum absolute atomic E-state index is 13.1. The van der Waals surface area contributed by atoms with Crippen LogP contribution < -0.4 is 10.6 Å². The van der Waals surface area contributed by atoms with Crippen molar-refractivity contribution in [2.75, 3.05) is 5.32 Å². The van der Waals surface area contributed by atoms with Crippen molar-refractivity contribution < 1.29 is 22.8 Å². The van der Waals surface area contributed by atoms with Crippen LogP contribution >= 0.6 is 11.6 Å². The van der Waals surface area contributed by atoms with Gasteiger partial charge in [0, 0.05) is 36.4 Å². The molecule has 0 radical (unpaired) electrons. The normalized spacial score (nSPS) is 17.1. The highest BCUT2D eigenvalue weighted by Gasteiger charge is 2.36. The van der Waals surface area contributed by atoms with E-state index in [9.17, 15) is 22.8 Å². The number of hydrogen-bond acceptors (Lipinski definition) is 3. The van der Waals surface area contributed by atoms with Crippen LogP contribution in [0, 0.1) is 11.3 Å². The number of rotatable bonds is 5. The minimum absolute atomic E-state index is 0.100. The van der Waals surface area contributed by atoms with Gasteiger partial charge in [-0.05, 0) is 53.1 Å². The Bertz CT molecular complexity index is 1340. The lowest BCUT2D eigenvalue weighted by Gasteiger charge is -2.18. The molecule has 2 N–H and O–H groups in total. The van der Waals surface area contributed by atoms with Gasteiger partial charge in [-0.25, -0.2) is 0 Å². The van der Waals surface area contributed by atoms with E-state index in [0.29, 0.717) is 24.5 Å². The molecule has 1 unspecified atom stereocenters. The molecular weight excluding hydrogens is 515 g/mol. The second kappa shape index (κ2) is 10.7. The monoisotopic (exact) mass is 543 g/mol. The number of alkyl halides is 3. The van der Waals surface area contributed by atoms with Gasteiger partial charge >= 0.3 is 6.18 Å². The molecule has 0 saturated heterocycles. The zero-order chi connectivity index (χ0) is 27.7. The van der Waals surface area contributed by atoms with E-state index >= 15 is 0 Å². The van der Waals surface area contributed by atoms with Crippen LogP contribution in [-0.2, 0) is 24.4 Å². The number of hydrogen-bond donors (Lipinski definition) is 2. The maximum Gasteiger partial charge on any atom is 0.398 e. The van der Waals surface area contributed by atoms with Crippen molar-refractivity contribution in [2.45, 2.75) is 46.6 Å². The Morgan fingerprint density at radius 1 is 1.03 bits per heavy atom. The van der Waals surface area contributed by atoms with E-state index in [1.165, 1.54) is 12.2 Å². The van der Waals surface area contributed by atoms with Crippen molar-refractivity contribution in [1.29, 1.82) is 0 Å². The average molecular weight is 544 g/mol. The second-order valence-corrected chi connectivity index (χ2v) is 10.9. The molecule has 2 amide bonds. The zero-order valence-electron chi connectivity index (χ0n) is 21.3. The number of nitrogens with zero attached hydrogens (tertiary/aromatic N) is 1. The van der Waals surface area contributed by atoms with E-state index < -0.39 is 17.5 Å². The number of anilines is 1. The highest BCUT2D eigenvalue weighted by molar-refractivity contribution is 6.34. The molecule has 4 rings (SSSR count). The van der Waals surface area contributed by atoms with Gasteiger partial charge in [-0.15, -0.1) is 0 Å². The van der Waals surface area contributed by atoms with Gasteiger partial charge in [-0.1, -0.05) is 62.7 Å². The molecule has 5 nitrogen and oxygen atoms in total. The highest BCUT2D eigenvalue weighted by atomic mass is 35.5. The van der Waals surface area contributed by atoms with Gasteiger partial charge < -0.3 is 15.5 Å². The molecule has 200 valence electrons. The number of halogens is 4. The third-order valence-corrected chi connectivity index (χ3v) is 6.73. The van der Waals surface area contributed by atoms with Crippen molar-refractivity contribution in [3.63, 3.8) is 0 Å². The quantitative estimate of drug-likeness (QED) is 0.438. The summed E-state index contributed by atoms with van der Waals surface area (Å²) in [6, 6.07) is 10.6. The van der Waals surface area contributed by atoms with Gasteiger partial charge in [0.1, 0.15) is 0 Å². The standard InChI is InChI=1S/C29H29ClF3N3O2/c1-28(2,3)27(38)34-15-18-7-12-25(30)24(13-18)26(37)35-22-10-8-19-16-36(17-20(19)14-22)23-6-4-5-21(9-11-23)29(31,32)33/h4-14,21H,15-17H2,1-3H3,(H,34,38)(H,35,37). The van der Waals surface area contributed by atoms with E-state index in [1.54, 1.807) is 30.3 Å². The van der Waals surface area contributed by atoms with Gasteiger partial charge in [0.05, 0.1) is 16.5 Å². The van der Waals surface area contributed by atoms with Crippen LogP contribution in [0.4, 0.5) is 18.9 Å². The van der Waals surface area contributed by atoms with Crippen LogP contribution in [0.15, 0.2) is 72.5 Å². The third kappa shape index (κ3) is 6.48. The van der Waals surface area contributed by atoms with Crippen molar-refractivity contribution >= 4 is 29.1 Å². The molecule has 2 aliphatic rings. The largest absolute Gasteiger partial charge is 0.398 e. The number of carbonyl (C=O) groups excluding carboxylic acids is 2. The summed E-state index contributed by atoms with van der Waals surface area (Å²) in [6.07, 6.45) is 2.60. The van der Waals surface area contributed by atoms with Gasteiger partial charge in [-0.3, -0.25) is 9.59 Å². The molecule has 0 saturated carbocycles. The molecular formula is C29H29ClF3N3O2. The number of amides is 2. The van der Waals surface area contributed by atoms with E-state index in [1.807, 2.05) is 37.8 Å². The van der Waals surface area contributed by atoms with Gasteiger partial charge in [-0.2, -0.15) is 13.2 Å². The minimum Gasteiger partial charge on any atom is -0.363 e. The van der Waals surface area contributed by atoms with E-state index in [-0.39, 0.29) is 28.9 Å². The lowest BCUT2D eigenvalue weighted by atomic mass is 9.95. The highest BCUT2D eigenvalue weighted by Crippen LogP contribution is 2.33. The smallest absolute Gasteiger partial charge is 0.363 e. The van der Waals surface area contributed by atoms with Crippen molar-refractivity contribution in [1.82, 2.24) is 10.2 Å². The summed E-state index contributed by atoms with van der Waals surface area (Å²) < 4.78 is 39.2. The lowest BCUT2D eigenvalue weighted by Crippen LogP contribution is -2.34. The number of allylic oxidation sites excluding steroid dienone is 5. The molecule has 1 atom stereocenters. The molecule has 1 aliphatic heterocycles. The topological polar surface area (TPSA) is 61.4 Å². The summed E-state index contributed by atoms with van der Waals surface area (Å²) in [6.45, 7) is 6.80. The molecule has 0 fully saturated rings. The second-order valence-electron chi connectivity index (χ2n) is 10.4. The predicted octanol–water partition coefficient (Wildman–Crippen LogP) is 6.76. The molecule has 2 aromatic rings. The molecule has 9 heteroatoms. The first-order chi connectivity index (χ1) is 17.8. The summed E-state index contributed by atoms with van der Waals surface area (Å²) in [5.41, 5.74) is 3.79. The number of nitrogens with one attached hydrogen (secondary N) is 2. The Morgan fingerprint density at radius 2 is 1.76 bits per heavy atom. The molecule has 1 aliphatic carbocycles. The fourth-order valence-electron chi connectivity index (χ4n) is 4.18. The Kier molecular flexibility index (Phi) is 7.74. The Hall–Kier alpha value is -3.52. The molecule has 1 heterocycles. The van der Waals surface area contributed by atoms with E-state index in [0.717, 1.165) is 28.8 Å². The van der Waals surface area contributed by atoms with Gasteiger partial charge in [0.25, 0.3) is 5.91 Å². The summed E-state index contributed by atoms with van der Waals surface area (Å²) in [5.74, 6) is -2.09. The number of benzene rings is 2. The fraction of sp³-hybridized carbons (Fsp3) is 0.310. The first kappa shape index (κ1) is 27.5. The van der Waals surface area contributed by atoms with Crippen molar-refractivity contribution in [3.05, 3.63) is 99.8 Å². The van der Waals surface area contributed by atoms with Crippen LogP contribution in [0.2, 0.25) is 5.02 Å². The Labute approximate surface area is 225 Å². The van der Waals surface area contributed by atoms with Gasteiger partial charge in [0.2, 0.25) is 5.91 Å². The molecule has 0 spiro atoms. The molecule has 0 aromatic heterocycles. The number of fused-ring (bicyclic) bond motifs is 1. The molecule has 38 heavy (non-hydrogen) atoms. The average Bonchev–Trinajstić information content (AvgIpc) is 3.08. The van der Waals surface area contributed by atoms with E-state index in [4.69, 9.17) is 11.6 Å². The van der Waals surface area contributed by atoms with E-state index in [2.05, 4.69) is 10.6 Å². The summed E-state index contributed by atoms with van der Waals surface area (Å²) in [7, 11) is 0. The fourth-order valence-corrected chi connectivity index (χ4v) is 4.39. The predicted molar refractivity (Wildman–Crippen MR) is 142 cm³/mol. The Balaban J connectivity index is 1.42. The summed E-state index contributed by atoms with van der Waals surface area (Å²) >= 11 is 6.30. The SMILES string of the molecule is CC(C)(C)C(=O)NCc1ccc(Cl)c(C(=O)Nc2ccc3c(c2)CN(C2=CC=CC(C(F)(F)F)C=C2)C3)c1. The van der Waals surface area contributed by atoms with Crippen molar-refractivity contribution in [3.8, 4) is 0 Å².